The zero-order valence-electron chi connectivity index (χ0n) is 18.9. The van der Waals surface area contributed by atoms with E-state index in [4.69, 9.17) is 10.5 Å². The number of para-hydroxylation sites is 1. The van der Waals surface area contributed by atoms with Gasteiger partial charge in [0.2, 0.25) is 0 Å². The highest BCUT2D eigenvalue weighted by molar-refractivity contribution is 7.92. The van der Waals surface area contributed by atoms with Gasteiger partial charge in [0.05, 0.1) is 32.3 Å². The van der Waals surface area contributed by atoms with Crippen molar-refractivity contribution < 1.29 is 27.7 Å². The Hall–Kier alpha value is -5.03. The first-order valence-electron chi connectivity index (χ1n) is 10.8. The number of nitrogens with zero attached hydrogens (tertiary/aromatic N) is 1. The van der Waals surface area contributed by atoms with Gasteiger partial charge >= 0.3 is 0 Å². The number of hydrogen-bond donors (Lipinski definition) is 2. The Morgan fingerprint density at radius 3 is 1.97 bits per heavy atom. The van der Waals surface area contributed by atoms with Gasteiger partial charge in [0.15, 0.2) is 17.3 Å². The van der Waals surface area contributed by atoms with E-state index in [1.165, 1.54) is 18.2 Å². The number of anilines is 2. The van der Waals surface area contributed by atoms with E-state index in [1.54, 1.807) is 42.5 Å². The van der Waals surface area contributed by atoms with Crippen LogP contribution in [0.1, 0.15) is 31.8 Å². The Balaban J connectivity index is 1.68. The molecule has 0 aliphatic heterocycles. The molecule has 1 aliphatic carbocycles. The predicted octanol–water partition coefficient (Wildman–Crippen LogP) is 4.55. The minimum absolute atomic E-state index is 0.0353. The molecule has 0 aromatic heterocycles. The van der Waals surface area contributed by atoms with Crippen LogP contribution in [-0.4, -0.2) is 24.9 Å². The van der Waals surface area contributed by atoms with Crippen LogP contribution < -0.4 is 15.2 Å². The molecule has 37 heavy (non-hydrogen) atoms. The number of carbonyl (C=O) groups excluding carboxylic acids is 2. The number of ether oxygens (including phenoxy) is 1. The highest BCUT2D eigenvalue weighted by Crippen LogP contribution is 2.42. The van der Waals surface area contributed by atoms with Gasteiger partial charge in [-0.15, -0.1) is 0 Å². The number of fused-ring (bicyclic) bond motifs is 2. The molecule has 0 saturated carbocycles. The van der Waals surface area contributed by atoms with Crippen molar-refractivity contribution in [2.24, 2.45) is 0 Å². The summed E-state index contributed by atoms with van der Waals surface area (Å²) in [7, 11) is -4.34. The Bertz CT molecular complexity index is 1700. The fourth-order valence-corrected chi connectivity index (χ4v) is 5.09. The molecule has 3 N–H and O–H groups in total. The maximum absolute atomic E-state index is 13.5. The van der Waals surface area contributed by atoms with Gasteiger partial charge < -0.3 is 10.5 Å². The zero-order valence-corrected chi connectivity index (χ0v) is 19.7. The molecule has 0 bridgehead atoms. The summed E-state index contributed by atoms with van der Waals surface area (Å²) >= 11 is 0. The molecule has 1 aliphatic rings. The summed E-state index contributed by atoms with van der Waals surface area (Å²) in [6.07, 6.45) is 0. The van der Waals surface area contributed by atoms with Crippen LogP contribution in [0, 0.1) is 10.1 Å². The van der Waals surface area contributed by atoms with Crippen LogP contribution in [0.4, 0.5) is 17.1 Å². The summed E-state index contributed by atoms with van der Waals surface area (Å²) in [4.78, 5) is 36.9. The number of non-ortho nitro benzene ring substituents is 1. The fraction of sp³-hybridized carbons (Fsp3) is 0. The number of nitro benzene ring substituents is 1. The molecule has 0 heterocycles. The lowest BCUT2D eigenvalue weighted by Crippen LogP contribution is -2.25. The maximum atomic E-state index is 13.5. The van der Waals surface area contributed by atoms with Crippen LogP contribution in [-0.2, 0) is 10.0 Å². The van der Waals surface area contributed by atoms with Crippen LogP contribution in [0.3, 0.4) is 0 Å². The smallest absolute Gasteiger partial charge is 0.269 e. The molecule has 0 spiro atoms. The summed E-state index contributed by atoms with van der Waals surface area (Å²) < 4.78 is 34.6. The van der Waals surface area contributed by atoms with Gasteiger partial charge in [-0.3, -0.25) is 24.4 Å². The van der Waals surface area contributed by atoms with E-state index in [0.29, 0.717) is 5.75 Å². The first-order chi connectivity index (χ1) is 17.7. The molecule has 0 atom stereocenters. The fourth-order valence-electron chi connectivity index (χ4n) is 4.02. The molecule has 11 heteroatoms. The van der Waals surface area contributed by atoms with Gasteiger partial charge in [-0.25, -0.2) is 8.42 Å². The third-order valence-corrected chi connectivity index (χ3v) is 7.15. The Labute approximate surface area is 210 Å². The molecule has 0 unspecified atom stereocenters. The Kier molecular flexibility index (Phi) is 5.69. The minimum atomic E-state index is -4.34. The lowest BCUT2D eigenvalue weighted by Gasteiger charge is -2.24. The van der Waals surface area contributed by atoms with E-state index in [1.807, 2.05) is 0 Å². The molecule has 0 saturated heterocycles. The highest BCUT2D eigenvalue weighted by Gasteiger charge is 2.36. The second-order valence-corrected chi connectivity index (χ2v) is 9.74. The normalized spacial score (nSPS) is 12.4. The number of ketones is 2. The number of nitrogens with one attached hydrogen (secondary N) is 1. The second-order valence-electron chi connectivity index (χ2n) is 8.06. The van der Waals surface area contributed by atoms with Crippen LogP contribution in [0.15, 0.2) is 89.8 Å². The molecule has 0 radical (unpaired) electrons. The average molecular weight is 516 g/mol. The molecule has 184 valence electrons. The number of benzene rings is 4. The number of rotatable bonds is 6. The predicted molar refractivity (Wildman–Crippen MR) is 135 cm³/mol. The van der Waals surface area contributed by atoms with Crippen molar-refractivity contribution in [3.05, 3.63) is 117 Å². The van der Waals surface area contributed by atoms with Crippen molar-refractivity contribution in [2.75, 3.05) is 10.5 Å². The van der Waals surface area contributed by atoms with Gasteiger partial charge in [0.1, 0.15) is 5.75 Å². The minimum Gasteiger partial charge on any atom is -0.455 e. The van der Waals surface area contributed by atoms with Gasteiger partial charge in [0, 0.05) is 29.3 Å². The first kappa shape index (κ1) is 23.7. The van der Waals surface area contributed by atoms with Gasteiger partial charge in [0.25, 0.3) is 15.7 Å². The largest absolute Gasteiger partial charge is 0.455 e. The number of nitro groups is 1. The lowest BCUT2D eigenvalue weighted by atomic mass is 9.82. The quantitative estimate of drug-likeness (QED) is 0.189. The van der Waals surface area contributed by atoms with Crippen molar-refractivity contribution in [2.45, 2.75) is 4.90 Å². The van der Waals surface area contributed by atoms with Crippen molar-refractivity contribution in [1.29, 1.82) is 0 Å². The molecule has 4 aromatic carbocycles. The third-order valence-electron chi connectivity index (χ3n) is 5.77. The molecular weight excluding hydrogens is 498 g/mol. The van der Waals surface area contributed by atoms with Crippen LogP contribution in [0.2, 0.25) is 0 Å². The molecule has 0 amide bonds. The summed E-state index contributed by atoms with van der Waals surface area (Å²) in [5, 5.41) is 10.9. The highest BCUT2D eigenvalue weighted by atomic mass is 32.2. The SMILES string of the molecule is Nc1c(Oc2ccccc2)cc(NS(=O)(=O)c2ccc([N+](=O)[O-])cc2)c2c1C(=O)c1ccccc1C2=O. The van der Waals surface area contributed by atoms with E-state index >= 15 is 0 Å². The Morgan fingerprint density at radius 2 is 1.38 bits per heavy atom. The number of carbonyl (C=O) groups is 2. The second kappa shape index (κ2) is 8.88. The topological polar surface area (TPSA) is 159 Å². The van der Waals surface area contributed by atoms with Crippen molar-refractivity contribution in [1.82, 2.24) is 0 Å². The van der Waals surface area contributed by atoms with E-state index in [9.17, 15) is 28.1 Å². The van der Waals surface area contributed by atoms with Crippen LogP contribution >= 0.6 is 0 Å². The third kappa shape index (κ3) is 4.17. The Morgan fingerprint density at radius 1 is 0.811 bits per heavy atom. The van der Waals surface area contributed by atoms with Gasteiger partial charge in [-0.2, -0.15) is 0 Å². The van der Waals surface area contributed by atoms with E-state index < -0.39 is 26.5 Å². The van der Waals surface area contributed by atoms with Gasteiger partial charge in [-0.05, 0) is 24.3 Å². The average Bonchev–Trinajstić information content (AvgIpc) is 2.89. The van der Waals surface area contributed by atoms with Crippen molar-refractivity contribution >= 4 is 38.7 Å². The molecule has 0 fully saturated rings. The monoisotopic (exact) mass is 515 g/mol. The first-order valence-corrected chi connectivity index (χ1v) is 12.3. The molecule has 4 aromatic rings. The standard InChI is InChI=1S/C26H17N3O7S/c27-24-21(36-16-6-2-1-3-7-16)14-20(28-37(34,35)17-12-10-15(11-13-17)29(32)33)22-23(24)26(31)19-9-5-4-8-18(19)25(22)30/h1-14,28H,27H2. The summed E-state index contributed by atoms with van der Waals surface area (Å²) in [6, 6.07) is 20.1. The molecular formula is C26H17N3O7S. The van der Waals surface area contributed by atoms with Crippen molar-refractivity contribution in [3.8, 4) is 11.5 Å². The number of hydrogen-bond acceptors (Lipinski definition) is 8. The number of sulfonamides is 1. The van der Waals surface area contributed by atoms with Crippen LogP contribution in [0.25, 0.3) is 0 Å². The molecule has 5 rings (SSSR count). The van der Waals surface area contributed by atoms with E-state index in [2.05, 4.69) is 4.72 Å². The van der Waals surface area contributed by atoms with E-state index in [0.717, 1.165) is 24.3 Å². The lowest BCUT2D eigenvalue weighted by molar-refractivity contribution is -0.384. The van der Waals surface area contributed by atoms with Crippen LogP contribution in [0.5, 0.6) is 11.5 Å². The van der Waals surface area contributed by atoms with E-state index in [-0.39, 0.29) is 50.0 Å². The maximum Gasteiger partial charge on any atom is 0.269 e. The summed E-state index contributed by atoms with van der Waals surface area (Å²) in [6.45, 7) is 0. The number of nitrogens with two attached hydrogens (primary N) is 1. The summed E-state index contributed by atoms with van der Waals surface area (Å²) in [5.41, 5.74) is 5.52. The van der Waals surface area contributed by atoms with Gasteiger partial charge in [-0.1, -0.05) is 42.5 Å². The zero-order chi connectivity index (χ0) is 26.3. The molecule has 10 nitrogen and oxygen atoms in total. The summed E-state index contributed by atoms with van der Waals surface area (Å²) in [5.74, 6) is -0.818. The van der Waals surface area contributed by atoms with Crippen molar-refractivity contribution in [3.63, 3.8) is 0 Å². The number of nitrogen functional groups attached to an aromatic ring is 1.